The van der Waals surface area contributed by atoms with Crippen molar-refractivity contribution in [3.63, 3.8) is 0 Å². The molecule has 0 aliphatic carbocycles. The number of rotatable bonds is 2. The molecule has 21 heavy (non-hydrogen) atoms. The molecule has 0 bridgehead atoms. The van der Waals surface area contributed by atoms with Crippen LogP contribution in [0.3, 0.4) is 0 Å². The van der Waals surface area contributed by atoms with Gasteiger partial charge in [-0.25, -0.2) is 13.8 Å². The molecule has 5 heteroatoms. The van der Waals surface area contributed by atoms with Crippen molar-refractivity contribution < 1.29 is 8.78 Å². The highest BCUT2D eigenvalue weighted by atomic mass is 19.1. The molecule has 3 rings (SSSR count). The number of anilines is 2. The van der Waals surface area contributed by atoms with E-state index in [-0.39, 0.29) is 11.5 Å². The Bertz CT molecular complexity index is 849. The van der Waals surface area contributed by atoms with Gasteiger partial charge in [-0.3, -0.25) is 0 Å². The molecule has 0 aliphatic rings. The Balaban J connectivity index is 2.09. The van der Waals surface area contributed by atoms with Crippen molar-refractivity contribution in [1.82, 2.24) is 4.98 Å². The van der Waals surface area contributed by atoms with Gasteiger partial charge in [0, 0.05) is 17.1 Å². The summed E-state index contributed by atoms with van der Waals surface area (Å²) in [5.74, 6) is -1.13. The predicted molar refractivity (Wildman–Crippen MR) is 76.1 cm³/mol. The molecule has 0 unspecified atom stereocenters. The Kier molecular flexibility index (Phi) is 3.20. The lowest BCUT2D eigenvalue weighted by molar-refractivity contribution is 0.584. The van der Waals surface area contributed by atoms with E-state index in [2.05, 4.69) is 10.3 Å². The number of hydrogen-bond donors (Lipinski definition) is 1. The van der Waals surface area contributed by atoms with E-state index in [1.807, 2.05) is 24.3 Å². The summed E-state index contributed by atoms with van der Waals surface area (Å²) in [6.45, 7) is 0. The number of nitrogens with zero attached hydrogens (tertiary/aromatic N) is 2. The standard InChI is InChI=1S/C16H9F2N3/c17-12-6-13(18)8-14(7-12)20-16-11(9-19)5-10-3-1-2-4-15(10)21-16/h1-8H,(H,20,21). The molecule has 0 atom stereocenters. The first kappa shape index (κ1) is 13.0. The van der Waals surface area contributed by atoms with Crippen LogP contribution < -0.4 is 5.32 Å². The van der Waals surface area contributed by atoms with E-state index in [0.29, 0.717) is 11.1 Å². The van der Waals surface area contributed by atoms with Crippen LogP contribution in [0.5, 0.6) is 0 Å². The summed E-state index contributed by atoms with van der Waals surface area (Å²) in [6, 6.07) is 14.1. The van der Waals surface area contributed by atoms with Crippen molar-refractivity contribution in [2.24, 2.45) is 0 Å². The fourth-order valence-corrected chi connectivity index (χ4v) is 2.06. The molecule has 3 nitrogen and oxygen atoms in total. The van der Waals surface area contributed by atoms with Gasteiger partial charge in [-0.15, -0.1) is 0 Å². The Hall–Kier alpha value is -3.00. The molecule has 0 amide bonds. The van der Waals surface area contributed by atoms with Crippen molar-refractivity contribution in [3.8, 4) is 6.07 Å². The average Bonchev–Trinajstić information content (AvgIpc) is 2.45. The number of pyridine rings is 1. The number of halogens is 2. The molecule has 0 radical (unpaired) electrons. The van der Waals surface area contributed by atoms with Gasteiger partial charge < -0.3 is 5.32 Å². The Morgan fingerprint density at radius 2 is 1.71 bits per heavy atom. The summed E-state index contributed by atoms with van der Waals surface area (Å²) in [7, 11) is 0. The lowest BCUT2D eigenvalue weighted by Crippen LogP contribution is -1.98. The summed E-state index contributed by atoms with van der Waals surface area (Å²) < 4.78 is 26.4. The topological polar surface area (TPSA) is 48.7 Å². The maximum Gasteiger partial charge on any atom is 0.149 e. The molecule has 0 aliphatic heterocycles. The molecular weight excluding hydrogens is 272 g/mol. The van der Waals surface area contributed by atoms with Crippen molar-refractivity contribution in [3.05, 3.63) is 65.7 Å². The van der Waals surface area contributed by atoms with Crippen molar-refractivity contribution in [2.75, 3.05) is 5.32 Å². The summed E-state index contributed by atoms with van der Waals surface area (Å²) in [6.07, 6.45) is 0. The van der Waals surface area contributed by atoms with E-state index < -0.39 is 11.6 Å². The van der Waals surface area contributed by atoms with E-state index in [9.17, 15) is 14.0 Å². The van der Waals surface area contributed by atoms with Gasteiger partial charge in [0.05, 0.1) is 11.1 Å². The second-order valence-corrected chi connectivity index (χ2v) is 4.47. The van der Waals surface area contributed by atoms with Gasteiger partial charge in [-0.05, 0) is 24.3 Å². The van der Waals surface area contributed by atoms with E-state index in [1.54, 1.807) is 12.1 Å². The van der Waals surface area contributed by atoms with Gasteiger partial charge in [-0.1, -0.05) is 18.2 Å². The van der Waals surface area contributed by atoms with E-state index in [0.717, 1.165) is 23.6 Å². The van der Waals surface area contributed by atoms with Gasteiger partial charge in [0.15, 0.2) is 0 Å². The molecule has 1 heterocycles. The Labute approximate surface area is 119 Å². The molecule has 3 aromatic rings. The fourth-order valence-electron chi connectivity index (χ4n) is 2.06. The van der Waals surface area contributed by atoms with Crippen LogP contribution in [0.15, 0.2) is 48.5 Å². The molecule has 0 saturated heterocycles. The van der Waals surface area contributed by atoms with Gasteiger partial charge in [0.25, 0.3) is 0 Å². The minimum Gasteiger partial charge on any atom is -0.339 e. The van der Waals surface area contributed by atoms with Gasteiger partial charge >= 0.3 is 0 Å². The normalized spacial score (nSPS) is 10.3. The van der Waals surface area contributed by atoms with E-state index in [4.69, 9.17) is 0 Å². The van der Waals surface area contributed by atoms with Crippen LogP contribution in [-0.4, -0.2) is 4.98 Å². The number of nitrogens with one attached hydrogen (secondary N) is 1. The van der Waals surface area contributed by atoms with Crippen molar-refractivity contribution >= 4 is 22.4 Å². The zero-order valence-corrected chi connectivity index (χ0v) is 10.8. The summed E-state index contributed by atoms with van der Waals surface area (Å²) in [5.41, 5.74) is 1.20. The maximum absolute atomic E-state index is 13.2. The van der Waals surface area contributed by atoms with Gasteiger partial charge in [0.2, 0.25) is 0 Å². The Morgan fingerprint density at radius 1 is 1.00 bits per heavy atom. The molecule has 2 aromatic carbocycles. The predicted octanol–water partition coefficient (Wildman–Crippen LogP) is 4.13. The number of benzene rings is 2. The summed E-state index contributed by atoms with van der Waals surface area (Å²) in [4.78, 5) is 4.32. The van der Waals surface area contributed by atoms with Gasteiger partial charge in [-0.2, -0.15) is 5.26 Å². The van der Waals surface area contributed by atoms with Crippen LogP contribution in [0.1, 0.15) is 5.56 Å². The Morgan fingerprint density at radius 3 is 2.43 bits per heavy atom. The monoisotopic (exact) mass is 281 g/mol. The van der Waals surface area contributed by atoms with Gasteiger partial charge in [0.1, 0.15) is 23.5 Å². The number of fused-ring (bicyclic) bond motifs is 1. The van der Waals surface area contributed by atoms with E-state index >= 15 is 0 Å². The molecule has 1 N–H and O–H groups in total. The van der Waals surface area contributed by atoms with Crippen molar-refractivity contribution in [1.29, 1.82) is 5.26 Å². The quantitative estimate of drug-likeness (QED) is 0.768. The highest BCUT2D eigenvalue weighted by Gasteiger charge is 2.08. The van der Waals surface area contributed by atoms with Crippen LogP contribution in [-0.2, 0) is 0 Å². The zero-order chi connectivity index (χ0) is 14.8. The molecule has 0 saturated carbocycles. The molecule has 102 valence electrons. The zero-order valence-electron chi connectivity index (χ0n) is 10.8. The summed E-state index contributed by atoms with van der Waals surface area (Å²) in [5, 5.41) is 12.8. The first-order valence-corrected chi connectivity index (χ1v) is 6.19. The second kappa shape index (κ2) is 5.17. The molecular formula is C16H9F2N3. The lowest BCUT2D eigenvalue weighted by Gasteiger charge is -2.09. The van der Waals surface area contributed by atoms with Crippen LogP contribution in [0.25, 0.3) is 10.9 Å². The number of hydrogen-bond acceptors (Lipinski definition) is 3. The number of aromatic nitrogens is 1. The fraction of sp³-hybridized carbons (Fsp3) is 0. The highest BCUT2D eigenvalue weighted by Crippen LogP contribution is 2.24. The minimum atomic E-state index is -0.697. The first-order chi connectivity index (χ1) is 10.2. The highest BCUT2D eigenvalue weighted by molar-refractivity contribution is 5.83. The SMILES string of the molecule is N#Cc1cc2ccccc2nc1Nc1cc(F)cc(F)c1. The van der Waals surface area contributed by atoms with Crippen LogP contribution in [0.2, 0.25) is 0 Å². The smallest absolute Gasteiger partial charge is 0.149 e. The third-order valence-electron chi connectivity index (χ3n) is 2.97. The maximum atomic E-state index is 13.2. The number of nitriles is 1. The third-order valence-corrected chi connectivity index (χ3v) is 2.97. The second-order valence-electron chi connectivity index (χ2n) is 4.47. The minimum absolute atomic E-state index is 0.201. The first-order valence-electron chi connectivity index (χ1n) is 6.19. The van der Waals surface area contributed by atoms with Crippen molar-refractivity contribution in [2.45, 2.75) is 0 Å². The largest absolute Gasteiger partial charge is 0.339 e. The van der Waals surface area contributed by atoms with Crippen LogP contribution >= 0.6 is 0 Å². The van der Waals surface area contributed by atoms with Crippen LogP contribution in [0.4, 0.5) is 20.3 Å². The molecule has 1 aromatic heterocycles. The lowest BCUT2D eigenvalue weighted by atomic mass is 10.1. The number of para-hydroxylation sites is 1. The van der Waals surface area contributed by atoms with Crippen LogP contribution in [0, 0.1) is 23.0 Å². The average molecular weight is 281 g/mol. The third kappa shape index (κ3) is 2.65. The molecule has 0 spiro atoms. The summed E-state index contributed by atoms with van der Waals surface area (Å²) >= 11 is 0. The van der Waals surface area contributed by atoms with E-state index in [1.165, 1.54) is 0 Å². The molecule has 0 fully saturated rings.